The molecule has 0 aromatic carbocycles. The quantitative estimate of drug-likeness (QED) is 0.813. The van der Waals surface area contributed by atoms with E-state index in [1.165, 1.54) is 4.57 Å². The second-order valence-electron chi connectivity index (χ2n) is 5.63. The molecule has 0 aliphatic carbocycles. The van der Waals surface area contributed by atoms with E-state index in [4.69, 9.17) is 0 Å². The largest absolute Gasteiger partial charge is 0.451 e. The molecule has 5 nitrogen and oxygen atoms in total. The van der Waals surface area contributed by atoms with Crippen LogP contribution in [0.5, 0.6) is 0 Å². The molecule has 0 amide bonds. The van der Waals surface area contributed by atoms with Crippen LogP contribution in [0.3, 0.4) is 0 Å². The van der Waals surface area contributed by atoms with Crippen molar-refractivity contribution in [2.75, 3.05) is 26.2 Å². The Labute approximate surface area is 122 Å². The summed E-state index contributed by atoms with van der Waals surface area (Å²) in [6.07, 6.45) is -3.33. The number of fused-ring (bicyclic) bond motifs is 1. The van der Waals surface area contributed by atoms with Gasteiger partial charge >= 0.3 is 6.18 Å². The van der Waals surface area contributed by atoms with Crippen molar-refractivity contribution in [1.82, 2.24) is 25.0 Å². The fourth-order valence-corrected chi connectivity index (χ4v) is 2.60. The van der Waals surface area contributed by atoms with Crippen LogP contribution in [-0.4, -0.2) is 45.8 Å². The van der Waals surface area contributed by atoms with Crippen LogP contribution in [0, 0.1) is 5.92 Å². The third kappa shape index (κ3) is 4.16. The summed E-state index contributed by atoms with van der Waals surface area (Å²) < 4.78 is 39.4. The predicted octanol–water partition coefficient (Wildman–Crippen LogP) is 1.75. The standard InChI is InChI=1S/C13H22F3N5/c1-3-4-17-7-10(2)8-20-5-6-21-11(9-20)18-19-12(21)13(14,15)16/h10,17H,3-9H2,1-2H3. The lowest BCUT2D eigenvalue weighted by Crippen LogP contribution is -2.39. The predicted molar refractivity (Wildman–Crippen MR) is 72.6 cm³/mol. The van der Waals surface area contributed by atoms with E-state index in [9.17, 15) is 13.2 Å². The highest BCUT2D eigenvalue weighted by Gasteiger charge is 2.39. The van der Waals surface area contributed by atoms with Crippen molar-refractivity contribution in [1.29, 1.82) is 0 Å². The molecule has 1 atom stereocenters. The molecule has 120 valence electrons. The Morgan fingerprint density at radius 3 is 2.71 bits per heavy atom. The molecule has 0 saturated heterocycles. The van der Waals surface area contributed by atoms with Gasteiger partial charge in [-0.25, -0.2) is 0 Å². The van der Waals surface area contributed by atoms with Gasteiger partial charge in [-0.3, -0.25) is 4.90 Å². The van der Waals surface area contributed by atoms with Crippen LogP contribution >= 0.6 is 0 Å². The minimum absolute atomic E-state index is 0.298. The normalized spacial score (nSPS) is 17.8. The van der Waals surface area contributed by atoms with Crippen LogP contribution in [0.2, 0.25) is 0 Å². The van der Waals surface area contributed by atoms with E-state index in [0.29, 0.717) is 31.4 Å². The zero-order chi connectivity index (χ0) is 15.5. The molecule has 0 saturated carbocycles. The SMILES string of the molecule is CCCNCC(C)CN1CCn2c(nnc2C(F)(F)F)C1. The van der Waals surface area contributed by atoms with Crippen LogP contribution in [0.4, 0.5) is 13.2 Å². The van der Waals surface area contributed by atoms with E-state index < -0.39 is 12.0 Å². The number of halogens is 3. The fraction of sp³-hybridized carbons (Fsp3) is 0.846. The van der Waals surface area contributed by atoms with Crippen molar-refractivity contribution in [3.05, 3.63) is 11.6 Å². The molecule has 0 bridgehead atoms. The number of hydrogen-bond acceptors (Lipinski definition) is 4. The average molecular weight is 305 g/mol. The lowest BCUT2D eigenvalue weighted by molar-refractivity contribution is -0.148. The zero-order valence-corrected chi connectivity index (χ0v) is 12.4. The molecular weight excluding hydrogens is 283 g/mol. The molecule has 21 heavy (non-hydrogen) atoms. The van der Waals surface area contributed by atoms with Crippen LogP contribution in [0.25, 0.3) is 0 Å². The van der Waals surface area contributed by atoms with Crippen LogP contribution < -0.4 is 5.32 Å². The summed E-state index contributed by atoms with van der Waals surface area (Å²) in [6.45, 7) is 8.36. The summed E-state index contributed by atoms with van der Waals surface area (Å²) in [5.41, 5.74) is 0. The first-order chi connectivity index (χ1) is 9.91. The molecule has 1 N–H and O–H groups in total. The third-order valence-corrected chi connectivity index (χ3v) is 3.58. The van der Waals surface area contributed by atoms with Crippen molar-refractivity contribution in [3.8, 4) is 0 Å². The van der Waals surface area contributed by atoms with Crippen LogP contribution in [-0.2, 0) is 19.3 Å². The van der Waals surface area contributed by atoms with E-state index in [0.717, 1.165) is 26.1 Å². The zero-order valence-electron chi connectivity index (χ0n) is 12.4. The van der Waals surface area contributed by atoms with Crippen molar-refractivity contribution < 1.29 is 13.2 Å². The van der Waals surface area contributed by atoms with E-state index >= 15 is 0 Å². The number of rotatable bonds is 6. The second-order valence-corrected chi connectivity index (χ2v) is 5.63. The van der Waals surface area contributed by atoms with Gasteiger partial charge < -0.3 is 9.88 Å². The molecule has 2 rings (SSSR count). The minimum atomic E-state index is -4.43. The fourth-order valence-electron chi connectivity index (χ4n) is 2.60. The van der Waals surface area contributed by atoms with Gasteiger partial charge in [-0.05, 0) is 25.4 Å². The topological polar surface area (TPSA) is 46.0 Å². The first kappa shape index (κ1) is 16.2. The smallest absolute Gasteiger partial charge is 0.316 e. The highest BCUT2D eigenvalue weighted by atomic mass is 19.4. The van der Waals surface area contributed by atoms with Gasteiger partial charge in [0, 0.05) is 19.6 Å². The van der Waals surface area contributed by atoms with E-state index in [-0.39, 0.29) is 0 Å². The van der Waals surface area contributed by atoms with Gasteiger partial charge in [0.25, 0.3) is 0 Å². The molecule has 0 spiro atoms. The summed E-state index contributed by atoms with van der Waals surface area (Å²) in [6, 6.07) is 0. The van der Waals surface area contributed by atoms with E-state index in [1.54, 1.807) is 0 Å². The molecule has 1 aliphatic rings. The summed E-state index contributed by atoms with van der Waals surface area (Å²) in [5.74, 6) is -0.0230. The summed E-state index contributed by atoms with van der Waals surface area (Å²) >= 11 is 0. The first-order valence-corrected chi connectivity index (χ1v) is 7.34. The average Bonchev–Trinajstić information content (AvgIpc) is 2.82. The van der Waals surface area contributed by atoms with Crippen molar-refractivity contribution in [2.24, 2.45) is 5.92 Å². The number of alkyl halides is 3. The lowest BCUT2D eigenvalue weighted by atomic mass is 10.1. The van der Waals surface area contributed by atoms with Gasteiger partial charge in [0.1, 0.15) is 5.82 Å². The summed E-state index contributed by atoms with van der Waals surface area (Å²) in [4.78, 5) is 2.14. The van der Waals surface area contributed by atoms with Gasteiger partial charge in [0.2, 0.25) is 5.82 Å². The molecule has 8 heteroatoms. The van der Waals surface area contributed by atoms with E-state index in [2.05, 4.69) is 34.3 Å². The first-order valence-electron chi connectivity index (χ1n) is 7.34. The number of aromatic nitrogens is 3. The van der Waals surface area contributed by atoms with Crippen molar-refractivity contribution in [3.63, 3.8) is 0 Å². The molecule has 2 heterocycles. The Kier molecular flexibility index (Phi) is 5.21. The third-order valence-electron chi connectivity index (χ3n) is 3.58. The van der Waals surface area contributed by atoms with Crippen LogP contribution in [0.15, 0.2) is 0 Å². The molecule has 0 radical (unpaired) electrons. The van der Waals surface area contributed by atoms with Crippen molar-refractivity contribution >= 4 is 0 Å². The summed E-state index contributed by atoms with van der Waals surface area (Å²) in [5, 5.41) is 10.3. The Hall–Kier alpha value is -1.15. The molecule has 1 unspecified atom stereocenters. The number of nitrogens with zero attached hydrogens (tertiary/aromatic N) is 4. The number of hydrogen-bond donors (Lipinski definition) is 1. The van der Waals surface area contributed by atoms with E-state index in [1.807, 2.05) is 0 Å². The molecule has 1 aromatic rings. The van der Waals surface area contributed by atoms with Gasteiger partial charge in [0.05, 0.1) is 6.54 Å². The van der Waals surface area contributed by atoms with Gasteiger partial charge in [0.15, 0.2) is 0 Å². The Morgan fingerprint density at radius 1 is 1.29 bits per heavy atom. The molecule has 1 aliphatic heterocycles. The maximum absolute atomic E-state index is 12.7. The highest BCUT2D eigenvalue weighted by Crippen LogP contribution is 2.29. The Morgan fingerprint density at radius 2 is 2.05 bits per heavy atom. The number of nitrogens with one attached hydrogen (secondary N) is 1. The maximum atomic E-state index is 12.7. The van der Waals surface area contributed by atoms with Gasteiger partial charge in [-0.15, -0.1) is 10.2 Å². The molecular formula is C13H22F3N5. The molecule has 0 fully saturated rings. The van der Waals surface area contributed by atoms with Crippen molar-refractivity contribution in [2.45, 2.75) is 39.5 Å². The highest BCUT2D eigenvalue weighted by molar-refractivity contribution is 5.02. The minimum Gasteiger partial charge on any atom is -0.316 e. The second kappa shape index (κ2) is 6.74. The monoisotopic (exact) mass is 305 g/mol. The van der Waals surface area contributed by atoms with Gasteiger partial charge in [-0.2, -0.15) is 13.2 Å². The lowest BCUT2D eigenvalue weighted by Gasteiger charge is -2.30. The van der Waals surface area contributed by atoms with Gasteiger partial charge in [-0.1, -0.05) is 13.8 Å². The summed E-state index contributed by atoms with van der Waals surface area (Å²) in [7, 11) is 0. The molecule has 1 aromatic heterocycles. The van der Waals surface area contributed by atoms with Crippen LogP contribution in [0.1, 0.15) is 31.9 Å². The Bertz CT molecular complexity index is 457. The maximum Gasteiger partial charge on any atom is 0.451 e. The Balaban J connectivity index is 1.90.